The fourth-order valence-corrected chi connectivity index (χ4v) is 1.18. The Hall–Kier alpha value is -1.14. The number of rotatable bonds is 2. The van der Waals surface area contributed by atoms with Crippen LogP contribution < -0.4 is 11.5 Å². The van der Waals surface area contributed by atoms with Crippen molar-refractivity contribution in [1.82, 2.24) is 0 Å². The molecule has 0 aromatic heterocycles. The zero-order valence-electron chi connectivity index (χ0n) is 7.68. The van der Waals surface area contributed by atoms with Gasteiger partial charge < -0.3 is 11.5 Å². The molecule has 0 aliphatic rings. The first kappa shape index (κ1) is 11.9. The van der Waals surface area contributed by atoms with Crippen LogP contribution in [0.4, 0.5) is 17.6 Å². The molecule has 0 unspecified atom stereocenters. The van der Waals surface area contributed by atoms with Gasteiger partial charge in [-0.3, -0.25) is 0 Å². The third kappa shape index (κ3) is 2.45. The molecule has 0 bridgehead atoms. The minimum absolute atomic E-state index is 0.113. The lowest BCUT2D eigenvalue weighted by atomic mass is 10.0. The Morgan fingerprint density at radius 2 is 1.87 bits per heavy atom. The van der Waals surface area contributed by atoms with Crippen LogP contribution in [0.2, 0.25) is 0 Å². The van der Waals surface area contributed by atoms with E-state index < -0.39 is 23.6 Å². The highest BCUT2D eigenvalue weighted by Gasteiger charge is 2.35. The predicted molar refractivity (Wildman–Crippen MR) is 47.4 cm³/mol. The van der Waals surface area contributed by atoms with Gasteiger partial charge in [0, 0.05) is 18.2 Å². The molecular weight excluding hydrogens is 212 g/mol. The molecule has 0 radical (unpaired) electrons. The van der Waals surface area contributed by atoms with E-state index in [1.54, 1.807) is 0 Å². The molecule has 4 N–H and O–H groups in total. The Bertz CT molecular complexity index is 348. The van der Waals surface area contributed by atoms with Crippen LogP contribution in [-0.4, -0.2) is 6.54 Å². The van der Waals surface area contributed by atoms with Crippen LogP contribution in [0.1, 0.15) is 17.2 Å². The summed E-state index contributed by atoms with van der Waals surface area (Å²) in [6.07, 6.45) is -4.71. The van der Waals surface area contributed by atoms with Crippen LogP contribution in [-0.2, 0) is 6.18 Å². The molecule has 0 saturated heterocycles. The Kier molecular flexibility index (Phi) is 3.31. The molecule has 15 heavy (non-hydrogen) atoms. The summed E-state index contributed by atoms with van der Waals surface area (Å²) in [5.74, 6) is -1.34. The highest BCUT2D eigenvalue weighted by Crippen LogP contribution is 2.33. The summed E-state index contributed by atoms with van der Waals surface area (Å²) < 4.78 is 50.2. The smallest absolute Gasteiger partial charge is 0.329 e. The van der Waals surface area contributed by atoms with E-state index in [0.29, 0.717) is 6.07 Å². The van der Waals surface area contributed by atoms with E-state index in [2.05, 4.69) is 0 Å². The van der Waals surface area contributed by atoms with Crippen LogP contribution in [0, 0.1) is 5.82 Å². The van der Waals surface area contributed by atoms with Gasteiger partial charge in [0.05, 0.1) is 5.56 Å². The molecule has 0 aliphatic heterocycles. The zero-order valence-corrected chi connectivity index (χ0v) is 7.68. The first-order chi connectivity index (χ1) is 6.88. The molecule has 0 spiro atoms. The van der Waals surface area contributed by atoms with Crippen molar-refractivity contribution < 1.29 is 17.6 Å². The molecule has 0 saturated carbocycles. The third-order valence-electron chi connectivity index (χ3n) is 1.99. The maximum Gasteiger partial charge on any atom is 0.419 e. The van der Waals surface area contributed by atoms with E-state index in [0.717, 1.165) is 6.07 Å². The van der Waals surface area contributed by atoms with Gasteiger partial charge in [0.2, 0.25) is 0 Å². The number of hydrogen-bond acceptors (Lipinski definition) is 2. The summed E-state index contributed by atoms with van der Waals surface area (Å²) in [7, 11) is 0. The normalized spacial score (nSPS) is 14.0. The minimum Gasteiger partial charge on any atom is -0.329 e. The van der Waals surface area contributed by atoms with Crippen LogP contribution in [0.5, 0.6) is 0 Å². The van der Waals surface area contributed by atoms with Crippen LogP contribution in [0.15, 0.2) is 18.2 Å². The monoisotopic (exact) mass is 222 g/mol. The van der Waals surface area contributed by atoms with Crippen molar-refractivity contribution in [1.29, 1.82) is 0 Å². The first-order valence-corrected chi connectivity index (χ1v) is 4.19. The zero-order chi connectivity index (χ0) is 11.6. The Morgan fingerprint density at radius 3 is 2.33 bits per heavy atom. The van der Waals surface area contributed by atoms with Gasteiger partial charge in [-0.25, -0.2) is 4.39 Å². The van der Waals surface area contributed by atoms with E-state index in [4.69, 9.17) is 11.5 Å². The summed E-state index contributed by atoms with van der Waals surface area (Å²) in [4.78, 5) is 0. The number of halogens is 4. The molecule has 2 nitrogen and oxygen atoms in total. The third-order valence-corrected chi connectivity index (χ3v) is 1.99. The summed E-state index contributed by atoms with van der Waals surface area (Å²) >= 11 is 0. The lowest BCUT2D eigenvalue weighted by Crippen LogP contribution is -2.23. The average Bonchev–Trinajstić information content (AvgIpc) is 2.15. The molecule has 0 amide bonds. The highest BCUT2D eigenvalue weighted by atomic mass is 19.4. The molecule has 1 atom stereocenters. The minimum atomic E-state index is -4.71. The largest absolute Gasteiger partial charge is 0.419 e. The summed E-state index contributed by atoms with van der Waals surface area (Å²) in [5, 5.41) is 0. The molecular formula is C9H10F4N2. The molecule has 1 rings (SSSR count). The van der Waals surface area contributed by atoms with Gasteiger partial charge in [0.1, 0.15) is 5.82 Å². The van der Waals surface area contributed by atoms with Gasteiger partial charge >= 0.3 is 6.18 Å². The summed E-state index contributed by atoms with van der Waals surface area (Å²) in [6.45, 7) is -0.113. The second-order valence-electron chi connectivity index (χ2n) is 3.05. The fraction of sp³-hybridized carbons (Fsp3) is 0.333. The van der Waals surface area contributed by atoms with Crippen LogP contribution >= 0.6 is 0 Å². The van der Waals surface area contributed by atoms with E-state index in [9.17, 15) is 17.6 Å². The fourth-order valence-electron chi connectivity index (χ4n) is 1.18. The number of benzene rings is 1. The maximum absolute atomic E-state index is 13.4. The number of hydrogen-bond donors (Lipinski definition) is 2. The summed E-state index contributed by atoms with van der Waals surface area (Å²) in [5.41, 5.74) is 9.00. The van der Waals surface area contributed by atoms with Crippen molar-refractivity contribution in [3.63, 3.8) is 0 Å². The van der Waals surface area contributed by atoms with Gasteiger partial charge in [-0.15, -0.1) is 0 Å². The molecule has 84 valence electrons. The quantitative estimate of drug-likeness (QED) is 0.749. The second-order valence-corrected chi connectivity index (χ2v) is 3.05. The van der Waals surface area contributed by atoms with E-state index in [-0.39, 0.29) is 12.1 Å². The van der Waals surface area contributed by atoms with Gasteiger partial charge in [0.15, 0.2) is 0 Å². The molecule has 0 fully saturated rings. The van der Waals surface area contributed by atoms with Crippen molar-refractivity contribution in [3.05, 3.63) is 35.1 Å². The van der Waals surface area contributed by atoms with Crippen molar-refractivity contribution in [2.24, 2.45) is 11.5 Å². The van der Waals surface area contributed by atoms with Gasteiger partial charge in [-0.2, -0.15) is 13.2 Å². The van der Waals surface area contributed by atoms with Crippen molar-refractivity contribution in [2.45, 2.75) is 12.2 Å². The van der Waals surface area contributed by atoms with Crippen LogP contribution in [0.25, 0.3) is 0 Å². The second kappa shape index (κ2) is 4.16. The highest BCUT2D eigenvalue weighted by molar-refractivity contribution is 5.30. The lowest BCUT2D eigenvalue weighted by Gasteiger charge is -2.14. The standard InChI is InChI=1S/C9H10F4N2/c10-8-5(7(15)4-14)2-1-3-6(8)9(11,12)13/h1-3,7H,4,14-15H2/t7-/m0/s1. The van der Waals surface area contributed by atoms with E-state index in [1.807, 2.05) is 0 Å². The van der Waals surface area contributed by atoms with Crippen molar-refractivity contribution in [2.75, 3.05) is 6.54 Å². The number of alkyl halides is 3. The molecule has 6 heteroatoms. The van der Waals surface area contributed by atoms with Crippen LogP contribution in [0.3, 0.4) is 0 Å². The molecule has 1 aromatic carbocycles. The van der Waals surface area contributed by atoms with Crippen molar-refractivity contribution >= 4 is 0 Å². The Morgan fingerprint density at radius 1 is 1.27 bits per heavy atom. The molecule has 1 aromatic rings. The molecule has 0 heterocycles. The Balaban J connectivity index is 3.23. The molecule has 0 aliphatic carbocycles. The summed E-state index contributed by atoms with van der Waals surface area (Å²) in [6, 6.07) is 2.05. The topological polar surface area (TPSA) is 52.0 Å². The average molecular weight is 222 g/mol. The van der Waals surface area contributed by atoms with Gasteiger partial charge in [-0.1, -0.05) is 12.1 Å². The predicted octanol–water partition coefficient (Wildman–Crippen LogP) is 1.80. The first-order valence-electron chi connectivity index (χ1n) is 4.19. The number of nitrogens with two attached hydrogens (primary N) is 2. The van der Waals surface area contributed by atoms with Gasteiger partial charge in [0.25, 0.3) is 0 Å². The SMILES string of the molecule is NC[C@H](N)c1cccc(C(F)(F)F)c1F. The van der Waals surface area contributed by atoms with E-state index in [1.165, 1.54) is 6.07 Å². The maximum atomic E-state index is 13.4. The lowest BCUT2D eigenvalue weighted by molar-refractivity contribution is -0.140. The van der Waals surface area contributed by atoms with E-state index >= 15 is 0 Å². The van der Waals surface area contributed by atoms with Crippen molar-refractivity contribution in [3.8, 4) is 0 Å². The van der Waals surface area contributed by atoms with Gasteiger partial charge in [-0.05, 0) is 6.07 Å². The Labute approximate surface area is 83.9 Å².